The van der Waals surface area contributed by atoms with Gasteiger partial charge in [0.2, 0.25) is 5.90 Å². The van der Waals surface area contributed by atoms with Crippen LogP contribution in [0, 0.1) is 0 Å². The highest BCUT2D eigenvalue weighted by Gasteiger charge is 2.44. The van der Waals surface area contributed by atoms with E-state index >= 15 is 0 Å². The molecule has 0 fully saturated rings. The van der Waals surface area contributed by atoms with Crippen LogP contribution >= 0.6 is 23.2 Å². The minimum Gasteiger partial charge on any atom is -0.478 e. The number of benzene rings is 3. The van der Waals surface area contributed by atoms with Gasteiger partial charge in [0.25, 0.3) is 0 Å². The van der Waals surface area contributed by atoms with Crippen molar-refractivity contribution in [2.24, 2.45) is 4.99 Å². The smallest absolute Gasteiger partial charge is 0.217 e. The van der Waals surface area contributed by atoms with Gasteiger partial charge in [-0.2, -0.15) is 0 Å². The summed E-state index contributed by atoms with van der Waals surface area (Å²) in [5.41, 5.74) is 2.48. The van der Waals surface area contributed by atoms with E-state index in [2.05, 4.69) is 0 Å². The molecule has 0 aliphatic carbocycles. The predicted molar refractivity (Wildman–Crippen MR) is 117 cm³/mol. The van der Waals surface area contributed by atoms with Crippen LogP contribution in [0.5, 0.6) is 0 Å². The molecule has 29 heavy (non-hydrogen) atoms. The molecule has 1 atom stereocenters. The van der Waals surface area contributed by atoms with Crippen molar-refractivity contribution in [1.82, 2.24) is 0 Å². The standard InChI is InChI=1S/C24H19Cl2NO2/c1-2-29-23-20-5-3-4-6-21(20)24(27-23,17-9-13-19(26)14-10-17)15-22(28)16-7-11-18(25)12-8-16/h3-14H,2,15H2,1H3. The SMILES string of the molecule is CCOC1=NC(CC(=O)c2ccc(Cl)cc2)(c2ccc(Cl)cc2)c2ccccc21. The average Bonchev–Trinajstić information content (AvgIpc) is 3.04. The molecule has 0 amide bonds. The molecule has 3 nitrogen and oxygen atoms in total. The number of hydrogen-bond acceptors (Lipinski definition) is 3. The van der Waals surface area contributed by atoms with Crippen LogP contribution in [0.1, 0.15) is 40.4 Å². The molecule has 0 saturated heterocycles. The lowest BCUT2D eigenvalue weighted by atomic mass is 9.78. The van der Waals surface area contributed by atoms with Crippen molar-refractivity contribution in [3.05, 3.63) is 105 Å². The number of aliphatic imine (C=N–C) groups is 1. The second-order valence-corrected chi connectivity index (χ2v) is 7.74. The van der Waals surface area contributed by atoms with Crippen LogP contribution in [0.15, 0.2) is 77.8 Å². The predicted octanol–water partition coefficient (Wildman–Crippen LogP) is 6.31. The number of ketones is 1. The first-order chi connectivity index (χ1) is 14.0. The van der Waals surface area contributed by atoms with Gasteiger partial charge in [-0.3, -0.25) is 4.79 Å². The molecule has 3 aromatic rings. The monoisotopic (exact) mass is 423 g/mol. The van der Waals surface area contributed by atoms with Gasteiger partial charge in [-0.15, -0.1) is 0 Å². The number of fused-ring (bicyclic) bond motifs is 1. The fourth-order valence-electron chi connectivity index (χ4n) is 3.72. The number of Topliss-reactive ketones (excluding diaryl/α,β-unsaturated/α-hetero) is 1. The number of hydrogen-bond donors (Lipinski definition) is 0. The summed E-state index contributed by atoms with van der Waals surface area (Å²) in [7, 11) is 0. The van der Waals surface area contributed by atoms with E-state index in [-0.39, 0.29) is 12.2 Å². The van der Waals surface area contributed by atoms with Gasteiger partial charge in [-0.1, -0.05) is 53.5 Å². The normalized spacial score (nSPS) is 17.6. The number of nitrogens with zero attached hydrogens (tertiary/aromatic N) is 1. The molecule has 0 saturated carbocycles. The number of carbonyl (C=O) groups is 1. The van der Waals surface area contributed by atoms with Gasteiger partial charge >= 0.3 is 0 Å². The minimum absolute atomic E-state index is 0.0204. The lowest BCUT2D eigenvalue weighted by Crippen LogP contribution is -2.27. The summed E-state index contributed by atoms with van der Waals surface area (Å²) < 4.78 is 5.83. The highest BCUT2D eigenvalue weighted by atomic mass is 35.5. The second-order valence-electron chi connectivity index (χ2n) is 6.87. The van der Waals surface area contributed by atoms with Crippen molar-refractivity contribution in [2.75, 3.05) is 6.61 Å². The van der Waals surface area contributed by atoms with Crippen LogP contribution in [0.2, 0.25) is 10.0 Å². The third-order valence-electron chi connectivity index (χ3n) is 5.08. The first-order valence-electron chi connectivity index (χ1n) is 9.41. The van der Waals surface area contributed by atoms with Gasteiger partial charge in [0.05, 0.1) is 6.61 Å². The van der Waals surface area contributed by atoms with E-state index in [9.17, 15) is 4.79 Å². The van der Waals surface area contributed by atoms with E-state index in [1.807, 2.05) is 55.5 Å². The Bertz CT molecular complexity index is 1070. The van der Waals surface area contributed by atoms with Gasteiger partial charge in [0.15, 0.2) is 5.78 Å². The molecule has 1 aliphatic heterocycles. The third kappa shape index (κ3) is 3.68. The zero-order chi connectivity index (χ0) is 20.4. The number of halogens is 2. The molecule has 4 rings (SSSR count). The van der Waals surface area contributed by atoms with Gasteiger partial charge < -0.3 is 4.74 Å². The molecule has 0 aromatic heterocycles. The Labute approximate surface area is 180 Å². The minimum atomic E-state index is -0.873. The first-order valence-corrected chi connectivity index (χ1v) is 10.2. The molecule has 3 aromatic carbocycles. The lowest BCUT2D eigenvalue weighted by molar-refractivity contribution is 0.0961. The van der Waals surface area contributed by atoms with Crippen molar-refractivity contribution < 1.29 is 9.53 Å². The van der Waals surface area contributed by atoms with Crippen LogP contribution in [0.4, 0.5) is 0 Å². The van der Waals surface area contributed by atoms with Crippen LogP contribution in [-0.2, 0) is 10.3 Å². The molecule has 0 radical (unpaired) electrons. The third-order valence-corrected chi connectivity index (χ3v) is 5.58. The summed E-state index contributed by atoms with van der Waals surface area (Å²) in [4.78, 5) is 18.2. The lowest BCUT2D eigenvalue weighted by Gasteiger charge is -2.27. The molecule has 5 heteroatoms. The molecule has 1 heterocycles. The van der Waals surface area contributed by atoms with Gasteiger partial charge in [-0.25, -0.2) is 4.99 Å². The molecule has 0 bridgehead atoms. The fourth-order valence-corrected chi connectivity index (χ4v) is 3.98. The second kappa shape index (κ2) is 8.02. The zero-order valence-electron chi connectivity index (χ0n) is 15.9. The van der Waals surface area contributed by atoms with E-state index in [1.165, 1.54) is 0 Å². The van der Waals surface area contributed by atoms with Gasteiger partial charge in [0.1, 0.15) is 5.54 Å². The van der Waals surface area contributed by atoms with E-state index in [0.29, 0.717) is 28.1 Å². The molecular formula is C24H19Cl2NO2. The molecule has 0 spiro atoms. The van der Waals surface area contributed by atoms with E-state index in [1.54, 1.807) is 24.3 Å². The van der Waals surface area contributed by atoms with Crippen molar-refractivity contribution in [3.8, 4) is 0 Å². The maximum absolute atomic E-state index is 13.3. The Morgan fingerprint density at radius 1 is 0.931 bits per heavy atom. The van der Waals surface area contributed by atoms with Crippen molar-refractivity contribution >= 4 is 34.9 Å². The Morgan fingerprint density at radius 3 is 2.21 bits per heavy atom. The summed E-state index contributed by atoms with van der Waals surface area (Å²) in [6.07, 6.45) is 0.170. The molecule has 0 N–H and O–H groups in total. The fraction of sp³-hybridized carbons (Fsp3) is 0.167. The van der Waals surface area contributed by atoms with E-state index in [4.69, 9.17) is 32.9 Å². The van der Waals surface area contributed by atoms with E-state index in [0.717, 1.165) is 16.7 Å². The van der Waals surface area contributed by atoms with Crippen molar-refractivity contribution in [2.45, 2.75) is 18.9 Å². The summed E-state index contributed by atoms with van der Waals surface area (Å²) in [5, 5.41) is 1.23. The molecule has 1 aliphatic rings. The highest BCUT2D eigenvalue weighted by Crippen LogP contribution is 2.45. The summed E-state index contributed by atoms with van der Waals surface area (Å²) >= 11 is 12.1. The van der Waals surface area contributed by atoms with E-state index < -0.39 is 5.54 Å². The average molecular weight is 424 g/mol. The van der Waals surface area contributed by atoms with Gasteiger partial charge in [0, 0.05) is 27.6 Å². The summed E-state index contributed by atoms with van der Waals surface area (Å²) in [5.74, 6) is 0.537. The maximum atomic E-state index is 13.3. The number of carbonyl (C=O) groups excluding carboxylic acids is 1. The highest BCUT2D eigenvalue weighted by molar-refractivity contribution is 6.31. The Morgan fingerprint density at radius 2 is 1.55 bits per heavy atom. The zero-order valence-corrected chi connectivity index (χ0v) is 17.4. The molecule has 146 valence electrons. The molecule has 1 unspecified atom stereocenters. The number of rotatable bonds is 5. The topological polar surface area (TPSA) is 38.7 Å². The number of ether oxygens (including phenoxy) is 1. The van der Waals surface area contributed by atoms with Crippen LogP contribution in [0.3, 0.4) is 0 Å². The van der Waals surface area contributed by atoms with Gasteiger partial charge in [-0.05, 0) is 60.5 Å². The first kappa shape index (κ1) is 19.7. The maximum Gasteiger partial charge on any atom is 0.217 e. The van der Waals surface area contributed by atoms with Crippen LogP contribution < -0.4 is 0 Å². The summed E-state index contributed by atoms with van der Waals surface area (Å²) in [6.45, 7) is 2.42. The Hall–Kier alpha value is -2.62. The van der Waals surface area contributed by atoms with Crippen molar-refractivity contribution in [3.63, 3.8) is 0 Å². The largest absolute Gasteiger partial charge is 0.478 e. The van der Waals surface area contributed by atoms with Crippen LogP contribution in [-0.4, -0.2) is 18.3 Å². The molecular weight excluding hydrogens is 405 g/mol. The Balaban J connectivity index is 1.86. The summed E-state index contributed by atoms with van der Waals surface area (Å²) in [6, 6.07) is 22.3. The Kier molecular flexibility index (Phi) is 5.44. The van der Waals surface area contributed by atoms with Crippen molar-refractivity contribution in [1.29, 1.82) is 0 Å². The quantitative estimate of drug-likeness (QED) is 0.451. The van der Waals surface area contributed by atoms with Crippen LogP contribution in [0.25, 0.3) is 0 Å².